The van der Waals surface area contributed by atoms with Crippen LogP contribution in [0.2, 0.25) is 0 Å². The minimum Gasteiger partial charge on any atom is -0.386 e. The number of hydrogen-bond donors (Lipinski definition) is 2. The first-order valence-corrected chi connectivity index (χ1v) is 10.9. The van der Waals surface area contributed by atoms with Crippen molar-refractivity contribution >= 4 is 35.8 Å². The van der Waals surface area contributed by atoms with Crippen LogP contribution in [-0.2, 0) is 9.53 Å². The van der Waals surface area contributed by atoms with Gasteiger partial charge in [-0.05, 0) is 19.4 Å². The number of halogens is 1. The molecule has 31 heavy (non-hydrogen) atoms. The first-order chi connectivity index (χ1) is 14.6. The number of rotatable bonds is 6. The van der Waals surface area contributed by atoms with Crippen molar-refractivity contribution in [2.75, 3.05) is 72.1 Å². The van der Waals surface area contributed by atoms with Gasteiger partial charge in [0.05, 0.1) is 32.4 Å². The molecule has 0 aliphatic carbocycles. The Morgan fingerprint density at radius 3 is 2.35 bits per heavy atom. The summed E-state index contributed by atoms with van der Waals surface area (Å²) in [4.78, 5) is 23.5. The summed E-state index contributed by atoms with van der Waals surface area (Å²) in [5.74, 6) is 1.01. The molecule has 174 valence electrons. The Bertz CT molecular complexity index is 702. The van der Waals surface area contributed by atoms with Gasteiger partial charge >= 0.3 is 0 Å². The smallest absolute Gasteiger partial charge is 0.236 e. The second kappa shape index (κ2) is 13.2. The molecule has 0 spiro atoms. The fourth-order valence-corrected chi connectivity index (χ4v) is 3.71. The summed E-state index contributed by atoms with van der Waals surface area (Å²) in [6, 6.07) is 7.91. The van der Waals surface area contributed by atoms with E-state index in [1.165, 1.54) is 5.56 Å². The molecule has 2 N–H and O–H groups in total. The molecule has 3 rings (SSSR count). The highest BCUT2D eigenvalue weighted by Crippen LogP contribution is 2.14. The molecular weight excluding hydrogens is 509 g/mol. The number of carbonyl (C=O) groups is 1. The van der Waals surface area contributed by atoms with Gasteiger partial charge in [-0.3, -0.25) is 14.7 Å². The summed E-state index contributed by atoms with van der Waals surface area (Å²) in [7, 11) is 0. The summed E-state index contributed by atoms with van der Waals surface area (Å²) >= 11 is 0. The summed E-state index contributed by atoms with van der Waals surface area (Å²) in [5, 5.41) is 13.8. The van der Waals surface area contributed by atoms with Crippen molar-refractivity contribution in [3.8, 4) is 0 Å². The molecule has 1 unspecified atom stereocenters. The maximum atomic E-state index is 12.5. The largest absolute Gasteiger partial charge is 0.386 e. The molecule has 2 fully saturated rings. The molecule has 2 heterocycles. The molecule has 1 atom stereocenters. The number of amides is 1. The van der Waals surface area contributed by atoms with Crippen LogP contribution in [0.15, 0.2) is 29.3 Å². The summed E-state index contributed by atoms with van der Waals surface area (Å²) in [6.07, 6.45) is -0.619. The fourth-order valence-electron chi connectivity index (χ4n) is 3.71. The lowest BCUT2D eigenvalue weighted by Crippen LogP contribution is -2.55. The highest BCUT2D eigenvalue weighted by Gasteiger charge is 2.24. The number of aliphatic hydroxyl groups is 1. The lowest BCUT2D eigenvalue weighted by Gasteiger charge is -2.37. The molecule has 0 saturated carbocycles. The number of ether oxygens (including phenoxy) is 1. The molecule has 2 saturated heterocycles. The Labute approximate surface area is 202 Å². The SMILES string of the molecule is CCNC(=NCC(O)c1ccc(C)cc1)N1CCN(CC(=O)N2CCOCC2)CC1.I. The molecule has 1 amide bonds. The van der Waals surface area contributed by atoms with Crippen LogP contribution in [-0.4, -0.2) is 104 Å². The standard InChI is InChI=1S/C22H35N5O3.HI/c1-3-23-22(24-16-20(28)19-6-4-18(2)5-7-19)27-10-8-25(9-11-27)17-21(29)26-12-14-30-15-13-26;/h4-7,20,28H,3,8-17H2,1-2H3,(H,23,24);1H. The van der Waals surface area contributed by atoms with Crippen molar-refractivity contribution in [1.82, 2.24) is 20.0 Å². The van der Waals surface area contributed by atoms with Gasteiger partial charge in [-0.2, -0.15) is 0 Å². The molecule has 1 aromatic rings. The number of morpholine rings is 1. The number of guanidine groups is 1. The number of hydrogen-bond acceptors (Lipinski definition) is 5. The second-order valence-corrected chi connectivity index (χ2v) is 7.88. The Morgan fingerprint density at radius 2 is 1.74 bits per heavy atom. The van der Waals surface area contributed by atoms with Gasteiger partial charge < -0.3 is 25.0 Å². The Balaban J connectivity index is 0.00000341. The predicted octanol–water partition coefficient (Wildman–Crippen LogP) is 1.09. The average Bonchev–Trinajstić information content (AvgIpc) is 2.78. The number of aliphatic hydroxyl groups excluding tert-OH is 1. The van der Waals surface area contributed by atoms with E-state index < -0.39 is 6.10 Å². The number of aryl methyl sites for hydroxylation is 1. The van der Waals surface area contributed by atoms with Crippen molar-refractivity contribution in [3.05, 3.63) is 35.4 Å². The number of piperazine rings is 1. The van der Waals surface area contributed by atoms with Crippen LogP contribution >= 0.6 is 24.0 Å². The topological polar surface area (TPSA) is 80.6 Å². The highest BCUT2D eigenvalue weighted by molar-refractivity contribution is 14.0. The quantitative estimate of drug-likeness (QED) is 0.317. The van der Waals surface area contributed by atoms with Crippen molar-refractivity contribution in [2.45, 2.75) is 20.0 Å². The number of benzene rings is 1. The average molecular weight is 545 g/mol. The zero-order valence-corrected chi connectivity index (χ0v) is 21.0. The molecule has 0 aromatic heterocycles. The summed E-state index contributed by atoms with van der Waals surface area (Å²) < 4.78 is 5.32. The zero-order chi connectivity index (χ0) is 21.3. The fraction of sp³-hybridized carbons (Fsp3) is 0.636. The van der Waals surface area contributed by atoms with Gasteiger partial charge in [0.2, 0.25) is 5.91 Å². The lowest BCUT2D eigenvalue weighted by atomic mass is 10.1. The maximum Gasteiger partial charge on any atom is 0.236 e. The Kier molecular flexibility index (Phi) is 11.0. The molecule has 2 aliphatic rings. The van der Waals surface area contributed by atoms with Crippen molar-refractivity contribution in [3.63, 3.8) is 0 Å². The number of aliphatic imine (C=N–C) groups is 1. The van der Waals surface area contributed by atoms with Crippen molar-refractivity contribution < 1.29 is 14.6 Å². The van der Waals surface area contributed by atoms with E-state index in [1.54, 1.807) is 0 Å². The van der Waals surface area contributed by atoms with Gasteiger partial charge in [0.1, 0.15) is 0 Å². The van der Waals surface area contributed by atoms with Crippen LogP contribution in [0, 0.1) is 6.92 Å². The van der Waals surface area contributed by atoms with E-state index in [1.807, 2.05) is 43.0 Å². The molecule has 2 aliphatic heterocycles. The molecule has 9 heteroatoms. The van der Waals surface area contributed by atoms with Crippen LogP contribution in [0.25, 0.3) is 0 Å². The van der Waals surface area contributed by atoms with Crippen LogP contribution in [0.1, 0.15) is 24.2 Å². The van der Waals surface area contributed by atoms with E-state index in [9.17, 15) is 9.90 Å². The summed E-state index contributed by atoms with van der Waals surface area (Å²) in [5.41, 5.74) is 2.06. The van der Waals surface area contributed by atoms with Crippen molar-refractivity contribution in [2.24, 2.45) is 4.99 Å². The zero-order valence-electron chi connectivity index (χ0n) is 18.6. The number of carbonyl (C=O) groups excluding carboxylic acids is 1. The molecule has 8 nitrogen and oxygen atoms in total. The molecule has 0 bridgehead atoms. The van der Waals surface area contributed by atoms with E-state index in [0.29, 0.717) is 39.4 Å². The van der Waals surface area contributed by atoms with E-state index >= 15 is 0 Å². The van der Waals surface area contributed by atoms with Gasteiger partial charge in [0, 0.05) is 45.8 Å². The maximum absolute atomic E-state index is 12.5. The lowest BCUT2D eigenvalue weighted by molar-refractivity contribution is -0.136. The van der Waals surface area contributed by atoms with E-state index in [4.69, 9.17) is 4.74 Å². The Morgan fingerprint density at radius 1 is 1.10 bits per heavy atom. The number of nitrogens with zero attached hydrogens (tertiary/aromatic N) is 4. The van der Waals surface area contributed by atoms with Gasteiger partial charge in [-0.15, -0.1) is 24.0 Å². The third kappa shape index (κ3) is 7.89. The minimum absolute atomic E-state index is 0. The monoisotopic (exact) mass is 545 g/mol. The molecule has 1 aromatic carbocycles. The van der Waals surface area contributed by atoms with Crippen LogP contribution in [0.3, 0.4) is 0 Å². The number of nitrogens with one attached hydrogen (secondary N) is 1. The first-order valence-electron chi connectivity index (χ1n) is 10.9. The molecular formula is C22H36IN5O3. The third-order valence-corrected chi connectivity index (χ3v) is 5.61. The van der Waals surface area contributed by atoms with Gasteiger partial charge in [-0.25, -0.2) is 0 Å². The van der Waals surface area contributed by atoms with Gasteiger partial charge in [-0.1, -0.05) is 29.8 Å². The minimum atomic E-state index is -0.619. The second-order valence-electron chi connectivity index (χ2n) is 7.88. The highest BCUT2D eigenvalue weighted by atomic mass is 127. The third-order valence-electron chi connectivity index (χ3n) is 5.61. The van der Waals surface area contributed by atoms with Gasteiger partial charge in [0.15, 0.2) is 5.96 Å². The van der Waals surface area contributed by atoms with Crippen LogP contribution in [0.4, 0.5) is 0 Å². The Hall–Kier alpha value is -1.43. The van der Waals surface area contributed by atoms with Crippen LogP contribution < -0.4 is 5.32 Å². The van der Waals surface area contributed by atoms with Gasteiger partial charge in [0.25, 0.3) is 0 Å². The summed E-state index contributed by atoms with van der Waals surface area (Å²) in [6.45, 7) is 11.6. The van der Waals surface area contributed by atoms with E-state index in [0.717, 1.165) is 44.2 Å². The van der Waals surface area contributed by atoms with Crippen molar-refractivity contribution in [1.29, 1.82) is 0 Å². The molecule has 0 radical (unpaired) electrons. The normalized spacial score (nSPS) is 19.0. The van der Waals surface area contributed by atoms with Crippen LogP contribution in [0.5, 0.6) is 0 Å². The first kappa shape index (κ1) is 25.8. The van der Waals surface area contributed by atoms with E-state index in [2.05, 4.69) is 20.1 Å². The van der Waals surface area contributed by atoms with E-state index in [-0.39, 0.29) is 29.9 Å². The predicted molar refractivity (Wildman–Crippen MR) is 133 cm³/mol.